The first kappa shape index (κ1) is 17.4. The average molecular weight is 332 g/mol. The van der Waals surface area contributed by atoms with Crippen LogP contribution in [0.3, 0.4) is 0 Å². The van der Waals surface area contributed by atoms with Crippen LogP contribution in [0.4, 0.5) is 0 Å². The van der Waals surface area contributed by atoms with E-state index in [0.29, 0.717) is 17.9 Å². The van der Waals surface area contributed by atoms with Crippen LogP contribution in [0.25, 0.3) is 0 Å². The molecule has 1 fully saturated rings. The number of hydrogen-bond donors (Lipinski definition) is 1. The van der Waals surface area contributed by atoms with Gasteiger partial charge in [0.2, 0.25) is 6.29 Å². The van der Waals surface area contributed by atoms with Gasteiger partial charge in [0.05, 0.1) is 0 Å². The third kappa shape index (κ3) is 2.85. The summed E-state index contributed by atoms with van der Waals surface area (Å²) in [7, 11) is 0. The largest absolute Gasteiger partial charge is 0.429 e. The molecule has 0 aromatic rings. The maximum Gasteiger partial charge on any atom is 0.333 e. The van der Waals surface area contributed by atoms with Crippen molar-refractivity contribution in [1.29, 1.82) is 0 Å². The van der Waals surface area contributed by atoms with E-state index < -0.39 is 12.3 Å². The topological polar surface area (TPSA) is 63.6 Å². The number of carbonyl (C=O) groups excluding carboxylic acids is 2. The number of cyclic esters (lactones) is 1. The minimum atomic E-state index is -1.11. The molecule has 1 N–H and O–H groups in total. The first-order valence-corrected chi connectivity index (χ1v) is 9.02. The lowest BCUT2D eigenvalue weighted by Crippen LogP contribution is -2.48. The van der Waals surface area contributed by atoms with Gasteiger partial charge < -0.3 is 9.84 Å². The molecular formula is C20H28O4. The Labute approximate surface area is 144 Å². The van der Waals surface area contributed by atoms with Gasteiger partial charge in [0, 0.05) is 11.6 Å². The van der Waals surface area contributed by atoms with Crippen LogP contribution in [0.1, 0.15) is 59.3 Å². The van der Waals surface area contributed by atoms with E-state index in [1.807, 2.05) is 0 Å². The second kappa shape index (κ2) is 6.14. The van der Waals surface area contributed by atoms with Crippen LogP contribution >= 0.6 is 0 Å². The van der Waals surface area contributed by atoms with Crippen molar-refractivity contribution in [2.45, 2.75) is 65.6 Å². The SMILES string of the molecule is CC1(C)CCC[C@@]2(C)[C@H](CCC3=CC(=O)O[C@@H]3O)C(C=O)=CC[C@H]12. The minimum absolute atomic E-state index is 0.0989. The number of rotatable bonds is 4. The molecule has 3 aliphatic rings. The number of hydrogen-bond acceptors (Lipinski definition) is 4. The predicted octanol–water partition coefficient (Wildman–Crippen LogP) is 3.55. The van der Waals surface area contributed by atoms with Gasteiger partial charge in [-0.1, -0.05) is 33.3 Å². The minimum Gasteiger partial charge on any atom is -0.429 e. The molecule has 3 rings (SSSR count). The first-order chi connectivity index (χ1) is 11.3. The lowest BCUT2D eigenvalue weighted by atomic mass is 9.48. The monoisotopic (exact) mass is 332 g/mol. The van der Waals surface area contributed by atoms with Gasteiger partial charge in [-0.05, 0) is 60.3 Å². The van der Waals surface area contributed by atoms with Gasteiger partial charge in [-0.25, -0.2) is 4.79 Å². The van der Waals surface area contributed by atoms with Crippen LogP contribution in [0.15, 0.2) is 23.3 Å². The van der Waals surface area contributed by atoms with Crippen molar-refractivity contribution in [2.24, 2.45) is 22.7 Å². The molecule has 0 unspecified atom stereocenters. The van der Waals surface area contributed by atoms with E-state index in [-0.39, 0.29) is 16.7 Å². The highest BCUT2D eigenvalue weighted by Crippen LogP contribution is 2.60. The van der Waals surface area contributed by atoms with Gasteiger partial charge in [0.25, 0.3) is 0 Å². The summed E-state index contributed by atoms with van der Waals surface area (Å²) in [5.74, 6) is 0.264. The number of esters is 1. The molecule has 2 aliphatic carbocycles. The Kier molecular flexibility index (Phi) is 4.45. The van der Waals surface area contributed by atoms with E-state index in [1.54, 1.807) is 0 Å². The van der Waals surface area contributed by atoms with Crippen molar-refractivity contribution in [2.75, 3.05) is 0 Å². The van der Waals surface area contributed by atoms with E-state index in [4.69, 9.17) is 4.74 Å². The number of aliphatic hydroxyl groups excluding tert-OH is 1. The summed E-state index contributed by atoms with van der Waals surface area (Å²) in [6.07, 6.45) is 9.30. The van der Waals surface area contributed by atoms with E-state index in [2.05, 4.69) is 26.8 Å². The Hall–Kier alpha value is -1.42. The highest BCUT2D eigenvalue weighted by atomic mass is 16.6. The first-order valence-electron chi connectivity index (χ1n) is 9.02. The molecule has 0 bridgehead atoms. The Bertz CT molecular complexity index is 601. The van der Waals surface area contributed by atoms with Crippen LogP contribution in [0.2, 0.25) is 0 Å². The quantitative estimate of drug-likeness (QED) is 0.632. The van der Waals surface area contributed by atoms with Gasteiger partial charge in [0.1, 0.15) is 6.29 Å². The van der Waals surface area contributed by atoms with E-state index in [9.17, 15) is 14.7 Å². The van der Waals surface area contributed by atoms with Crippen molar-refractivity contribution < 1.29 is 19.4 Å². The molecule has 24 heavy (non-hydrogen) atoms. The molecule has 4 nitrogen and oxygen atoms in total. The number of aliphatic hydroxyl groups is 1. The smallest absolute Gasteiger partial charge is 0.333 e. The van der Waals surface area contributed by atoms with Crippen molar-refractivity contribution in [3.05, 3.63) is 23.3 Å². The molecule has 1 heterocycles. The summed E-state index contributed by atoms with van der Waals surface area (Å²) in [4.78, 5) is 22.9. The molecule has 0 amide bonds. The predicted molar refractivity (Wildman–Crippen MR) is 90.9 cm³/mol. The third-order valence-electron chi connectivity index (χ3n) is 6.77. The average Bonchev–Trinajstić information content (AvgIpc) is 2.82. The normalized spacial score (nSPS) is 38.0. The van der Waals surface area contributed by atoms with Crippen molar-refractivity contribution in [1.82, 2.24) is 0 Å². The fraction of sp³-hybridized carbons (Fsp3) is 0.700. The fourth-order valence-electron chi connectivity index (χ4n) is 5.52. The molecule has 0 radical (unpaired) electrons. The molecule has 0 saturated heterocycles. The van der Waals surface area contributed by atoms with Crippen molar-refractivity contribution in [3.63, 3.8) is 0 Å². The Morgan fingerprint density at radius 2 is 2.08 bits per heavy atom. The molecule has 1 saturated carbocycles. The molecule has 4 heteroatoms. The second-order valence-electron chi connectivity index (χ2n) is 8.56. The summed E-state index contributed by atoms with van der Waals surface area (Å²) >= 11 is 0. The van der Waals surface area contributed by atoms with E-state index in [1.165, 1.54) is 18.9 Å². The van der Waals surface area contributed by atoms with Crippen LogP contribution in [0, 0.1) is 22.7 Å². The zero-order valence-electron chi connectivity index (χ0n) is 14.9. The molecular weight excluding hydrogens is 304 g/mol. The third-order valence-corrected chi connectivity index (χ3v) is 6.77. The van der Waals surface area contributed by atoms with E-state index >= 15 is 0 Å². The van der Waals surface area contributed by atoms with Crippen molar-refractivity contribution in [3.8, 4) is 0 Å². The number of allylic oxidation sites excluding steroid dienone is 2. The Morgan fingerprint density at radius 3 is 2.71 bits per heavy atom. The zero-order chi connectivity index (χ0) is 17.5. The number of carbonyl (C=O) groups is 2. The summed E-state index contributed by atoms with van der Waals surface area (Å²) in [6, 6.07) is 0. The fourth-order valence-corrected chi connectivity index (χ4v) is 5.52. The van der Waals surface area contributed by atoms with Crippen LogP contribution < -0.4 is 0 Å². The standard InChI is InChI=1S/C20H28O4/c1-19(2)9-4-10-20(3)15(14(12-21)6-8-16(19)20)7-5-13-11-17(22)24-18(13)23/h6,11-12,15-16,18,23H,4-5,7-10H2,1-3H3/t15-,16-,18+,20+/m1/s1. The zero-order valence-corrected chi connectivity index (χ0v) is 14.9. The van der Waals surface area contributed by atoms with Gasteiger partial charge in [-0.2, -0.15) is 0 Å². The lowest BCUT2D eigenvalue weighted by molar-refractivity contribution is -0.151. The Balaban J connectivity index is 1.84. The Morgan fingerprint density at radius 1 is 1.33 bits per heavy atom. The second-order valence-corrected chi connectivity index (χ2v) is 8.56. The lowest BCUT2D eigenvalue weighted by Gasteiger charge is -2.56. The number of fused-ring (bicyclic) bond motifs is 1. The molecule has 4 atom stereocenters. The summed E-state index contributed by atoms with van der Waals surface area (Å²) in [5, 5.41) is 9.80. The molecule has 132 valence electrons. The maximum absolute atomic E-state index is 11.6. The summed E-state index contributed by atoms with van der Waals surface area (Å²) < 4.78 is 4.77. The maximum atomic E-state index is 11.6. The van der Waals surface area contributed by atoms with Gasteiger partial charge >= 0.3 is 5.97 Å². The van der Waals surface area contributed by atoms with Gasteiger partial charge in [0.15, 0.2) is 0 Å². The summed E-state index contributed by atoms with van der Waals surface area (Å²) in [6.45, 7) is 7.03. The van der Waals surface area contributed by atoms with Crippen molar-refractivity contribution >= 4 is 12.3 Å². The van der Waals surface area contributed by atoms with E-state index in [0.717, 1.165) is 31.1 Å². The van der Waals surface area contributed by atoms with Crippen LogP contribution in [0.5, 0.6) is 0 Å². The van der Waals surface area contributed by atoms with Gasteiger partial charge in [-0.3, -0.25) is 4.79 Å². The van der Waals surface area contributed by atoms with Crippen LogP contribution in [-0.4, -0.2) is 23.7 Å². The molecule has 0 spiro atoms. The summed E-state index contributed by atoms with van der Waals surface area (Å²) in [5.41, 5.74) is 1.90. The molecule has 0 aromatic carbocycles. The molecule has 1 aliphatic heterocycles. The molecule has 0 aromatic heterocycles. The van der Waals surface area contributed by atoms with Crippen LogP contribution in [-0.2, 0) is 14.3 Å². The highest BCUT2D eigenvalue weighted by Gasteiger charge is 2.52. The number of aldehydes is 1. The van der Waals surface area contributed by atoms with Gasteiger partial charge in [-0.15, -0.1) is 0 Å². The highest BCUT2D eigenvalue weighted by molar-refractivity contribution is 5.85. The number of ether oxygens (including phenoxy) is 1.